The van der Waals surface area contributed by atoms with Gasteiger partial charge >= 0.3 is 6.09 Å². The van der Waals surface area contributed by atoms with Gasteiger partial charge in [-0.05, 0) is 76.4 Å². The Bertz CT molecular complexity index is 1010. The first-order valence-electron chi connectivity index (χ1n) is 9.75. The maximum Gasteiger partial charge on any atom is 0.414 e. The first-order valence-corrected chi connectivity index (χ1v) is 9.75. The van der Waals surface area contributed by atoms with Crippen LogP contribution in [0.25, 0.3) is 0 Å². The van der Waals surface area contributed by atoms with Crippen molar-refractivity contribution in [1.29, 1.82) is 0 Å². The molecule has 0 saturated heterocycles. The summed E-state index contributed by atoms with van der Waals surface area (Å²) < 4.78 is 5.49. The van der Waals surface area contributed by atoms with E-state index in [0.717, 1.165) is 24.1 Å². The quantitative estimate of drug-likeness (QED) is 0.575. The van der Waals surface area contributed by atoms with Gasteiger partial charge in [-0.15, -0.1) is 0 Å². The number of benzene rings is 2. The van der Waals surface area contributed by atoms with Gasteiger partial charge in [-0.1, -0.05) is 0 Å². The second-order valence-corrected chi connectivity index (χ2v) is 8.29. The van der Waals surface area contributed by atoms with Crippen molar-refractivity contribution in [3.8, 4) is 0 Å². The Balaban J connectivity index is 1.78. The molecule has 1 aliphatic rings. The monoisotopic (exact) mass is 411 g/mol. The van der Waals surface area contributed by atoms with Gasteiger partial charge in [-0.3, -0.25) is 19.8 Å². The number of nitro groups is 1. The van der Waals surface area contributed by atoms with Gasteiger partial charge in [0.25, 0.3) is 11.6 Å². The number of fused-ring (bicyclic) bond motifs is 1. The third kappa shape index (κ3) is 4.76. The van der Waals surface area contributed by atoms with Crippen LogP contribution >= 0.6 is 0 Å². The van der Waals surface area contributed by atoms with E-state index in [4.69, 9.17) is 4.74 Å². The van der Waals surface area contributed by atoms with Crippen molar-refractivity contribution in [1.82, 2.24) is 0 Å². The molecule has 1 heterocycles. The lowest BCUT2D eigenvalue weighted by molar-refractivity contribution is -0.385. The normalized spacial score (nSPS) is 13.4. The van der Waals surface area contributed by atoms with Gasteiger partial charge < -0.3 is 10.1 Å². The minimum absolute atomic E-state index is 0.0254. The van der Waals surface area contributed by atoms with Gasteiger partial charge in [-0.25, -0.2) is 4.79 Å². The molecular formula is C22H25N3O5. The fourth-order valence-electron chi connectivity index (χ4n) is 3.39. The average Bonchev–Trinajstić information content (AvgIpc) is 2.65. The summed E-state index contributed by atoms with van der Waals surface area (Å²) in [5.41, 5.74) is 2.48. The number of amides is 2. The Hall–Kier alpha value is -3.42. The number of hydrogen-bond donors (Lipinski definition) is 1. The molecule has 0 radical (unpaired) electrons. The third-order valence-electron chi connectivity index (χ3n) is 4.73. The molecule has 0 aromatic heterocycles. The molecule has 0 atom stereocenters. The van der Waals surface area contributed by atoms with Crippen molar-refractivity contribution in [3.05, 3.63) is 63.2 Å². The zero-order chi connectivity index (χ0) is 22.1. The van der Waals surface area contributed by atoms with Crippen LogP contribution in [0.2, 0.25) is 0 Å². The molecule has 2 aromatic carbocycles. The number of ether oxygens (including phenoxy) is 1. The molecule has 0 spiro atoms. The Morgan fingerprint density at radius 2 is 1.90 bits per heavy atom. The van der Waals surface area contributed by atoms with E-state index in [2.05, 4.69) is 5.32 Å². The van der Waals surface area contributed by atoms with Crippen LogP contribution in [0, 0.1) is 17.0 Å². The molecule has 8 nitrogen and oxygen atoms in total. The lowest BCUT2D eigenvalue weighted by atomic mass is 10.0. The molecule has 0 aliphatic carbocycles. The van der Waals surface area contributed by atoms with Crippen molar-refractivity contribution in [2.75, 3.05) is 16.8 Å². The molecule has 1 N–H and O–H groups in total. The maximum atomic E-state index is 12.6. The Morgan fingerprint density at radius 3 is 2.53 bits per heavy atom. The lowest BCUT2D eigenvalue weighted by Gasteiger charge is -2.32. The zero-order valence-corrected chi connectivity index (χ0v) is 17.5. The summed E-state index contributed by atoms with van der Waals surface area (Å²) in [7, 11) is 0. The largest absolute Gasteiger partial charge is 0.443 e. The van der Waals surface area contributed by atoms with E-state index in [1.54, 1.807) is 24.0 Å². The molecule has 2 amide bonds. The second kappa shape index (κ2) is 8.14. The number of rotatable bonds is 3. The minimum atomic E-state index is -0.578. The van der Waals surface area contributed by atoms with Crippen molar-refractivity contribution in [2.24, 2.45) is 0 Å². The second-order valence-electron chi connectivity index (χ2n) is 8.29. The highest BCUT2D eigenvalue weighted by molar-refractivity contribution is 6.04. The van der Waals surface area contributed by atoms with Crippen molar-refractivity contribution >= 4 is 29.1 Å². The summed E-state index contributed by atoms with van der Waals surface area (Å²) in [6, 6.07) is 9.64. The number of hydrogen-bond acceptors (Lipinski definition) is 5. The number of nitro benzene ring substituents is 1. The lowest BCUT2D eigenvalue weighted by Crippen LogP contribution is -2.39. The van der Waals surface area contributed by atoms with E-state index in [1.165, 1.54) is 18.2 Å². The van der Waals surface area contributed by atoms with E-state index < -0.39 is 10.5 Å². The van der Waals surface area contributed by atoms with Crippen LogP contribution in [0.15, 0.2) is 36.4 Å². The number of aryl methyl sites for hydroxylation is 2. The molecule has 8 heteroatoms. The number of nitrogens with one attached hydrogen (secondary N) is 1. The molecule has 0 unspecified atom stereocenters. The molecule has 2 aromatic rings. The topological polar surface area (TPSA) is 102 Å². The summed E-state index contributed by atoms with van der Waals surface area (Å²) >= 11 is 0. The SMILES string of the molecule is Cc1cc(C(=O)Nc2ccc3c(c2)CCCN3C(=O)OC(C)(C)C)ccc1[N+](=O)[O-]. The summed E-state index contributed by atoms with van der Waals surface area (Å²) in [5, 5.41) is 13.8. The summed E-state index contributed by atoms with van der Waals surface area (Å²) in [6.45, 7) is 7.66. The van der Waals surface area contributed by atoms with Gasteiger partial charge in [0, 0.05) is 29.4 Å². The predicted molar refractivity (Wildman–Crippen MR) is 114 cm³/mol. The molecule has 158 valence electrons. The Kier molecular flexibility index (Phi) is 5.78. The molecule has 0 bridgehead atoms. The Labute approximate surface area is 175 Å². The fourth-order valence-corrected chi connectivity index (χ4v) is 3.39. The molecular weight excluding hydrogens is 386 g/mol. The zero-order valence-electron chi connectivity index (χ0n) is 17.5. The fraction of sp³-hybridized carbons (Fsp3) is 0.364. The van der Waals surface area contributed by atoms with E-state index in [0.29, 0.717) is 23.4 Å². The van der Waals surface area contributed by atoms with Crippen molar-refractivity contribution < 1.29 is 19.2 Å². The summed E-state index contributed by atoms with van der Waals surface area (Å²) in [6.07, 6.45) is 1.20. The number of anilines is 2. The molecule has 3 rings (SSSR count). The maximum absolute atomic E-state index is 12.6. The first-order chi connectivity index (χ1) is 14.0. The van der Waals surface area contributed by atoms with Gasteiger partial charge in [0.1, 0.15) is 5.60 Å². The molecule has 30 heavy (non-hydrogen) atoms. The highest BCUT2D eigenvalue weighted by Crippen LogP contribution is 2.31. The Morgan fingerprint density at radius 1 is 1.17 bits per heavy atom. The molecule has 0 saturated carbocycles. The van der Waals surface area contributed by atoms with Crippen LogP contribution < -0.4 is 10.2 Å². The number of carbonyl (C=O) groups excluding carboxylic acids is 2. The van der Waals surface area contributed by atoms with E-state index in [9.17, 15) is 19.7 Å². The van der Waals surface area contributed by atoms with E-state index >= 15 is 0 Å². The first kappa shape index (κ1) is 21.3. The average molecular weight is 411 g/mol. The van der Waals surface area contributed by atoms with Crippen molar-refractivity contribution in [3.63, 3.8) is 0 Å². The standard InChI is InChI=1S/C22H25N3O5/c1-14-12-16(7-9-18(14)25(28)29)20(26)23-17-8-10-19-15(13-17)6-5-11-24(19)21(27)30-22(2,3)4/h7-10,12-13H,5-6,11H2,1-4H3,(H,23,26). The number of nitrogens with zero attached hydrogens (tertiary/aromatic N) is 2. The van der Waals surface area contributed by atoms with E-state index in [-0.39, 0.29) is 17.7 Å². The van der Waals surface area contributed by atoms with Crippen LogP contribution in [0.3, 0.4) is 0 Å². The van der Waals surface area contributed by atoms with Crippen LogP contribution in [-0.2, 0) is 11.2 Å². The molecule has 1 aliphatic heterocycles. The van der Waals surface area contributed by atoms with Crippen LogP contribution in [0.4, 0.5) is 21.9 Å². The predicted octanol–water partition coefficient (Wildman–Crippen LogP) is 4.84. The van der Waals surface area contributed by atoms with Gasteiger partial charge in [-0.2, -0.15) is 0 Å². The highest BCUT2D eigenvalue weighted by atomic mass is 16.6. The van der Waals surface area contributed by atoms with Crippen LogP contribution in [0.1, 0.15) is 48.7 Å². The van der Waals surface area contributed by atoms with Gasteiger partial charge in [0.05, 0.1) is 10.6 Å². The van der Waals surface area contributed by atoms with E-state index in [1.807, 2.05) is 26.8 Å². The van der Waals surface area contributed by atoms with Crippen molar-refractivity contribution in [2.45, 2.75) is 46.1 Å². The third-order valence-corrected chi connectivity index (χ3v) is 4.73. The van der Waals surface area contributed by atoms with Crippen LogP contribution in [0.5, 0.6) is 0 Å². The minimum Gasteiger partial charge on any atom is -0.443 e. The highest BCUT2D eigenvalue weighted by Gasteiger charge is 2.27. The summed E-state index contributed by atoms with van der Waals surface area (Å²) in [5.74, 6) is -0.354. The summed E-state index contributed by atoms with van der Waals surface area (Å²) in [4.78, 5) is 37.2. The smallest absolute Gasteiger partial charge is 0.414 e. The number of carbonyl (C=O) groups is 2. The van der Waals surface area contributed by atoms with Crippen LogP contribution in [-0.4, -0.2) is 29.1 Å². The van der Waals surface area contributed by atoms with Gasteiger partial charge in [0.15, 0.2) is 0 Å². The molecule has 0 fully saturated rings. The van der Waals surface area contributed by atoms with Gasteiger partial charge in [0.2, 0.25) is 0 Å².